The molecule has 2 rings (SSSR count). The van der Waals surface area contributed by atoms with Crippen LogP contribution in [-0.4, -0.2) is 55.3 Å². The fraction of sp³-hybridized carbons (Fsp3) is 1.00. The maximum Gasteiger partial charge on any atom is 0.0223 e. The highest BCUT2D eigenvalue weighted by Gasteiger charge is 2.36. The molecule has 1 heterocycles. The van der Waals surface area contributed by atoms with Gasteiger partial charge in [-0.3, -0.25) is 4.90 Å². The summed E-state index contributed by atoms with van der Waals surface area (Å²) in [7, 11) is 4.40. The molecule has 1 atom stereocenters. The van der Waals surface area contributed by atoms with Gasteiger partial charge in [-0.1, -0.05) is 19.3 Å². The van der Waals surface area contributed by atoms with Crippen molar-refractivity contribution >= 4 is 12.6 Å². The van der Waals surface area contributed by atoms with E-state index in [4.69, 9.17) is 0 Å². The second-order valence-electron chi connectivity index (χ2n) is 6.75. The van der Waals surface area contributed by atoms with Crippen molar-refractivity contribution in [3.05, 3.63) is 0 Å². The number of thiol groups is 1. The Labute approximate surface area is 119 Å². The number of likely N-dealkylation sites (tertiary alicyclic amines) is 1. The van der Waals surface area contributed by atoms with Crippen LogP contribution in [0.4, 0.5) is 0 Å². The molecule has 1 unspecified atom stereocenters. The molecule has 0 N–H and O–H groups in total. The molecule has 1 saturated carbocycles. The van der Waals surface area contributed by atoms with E-state index in [0.717, 1.165) is 11.8 Å². The highest BCUT2D eigenvalue weighted by atomic mass is 32.1. The first-order chi connectivity index (χ1) is 8.65. The average molecular weight is 270 g/mol. The van der Waals surface area contributed by atoms with Gasteiger partial charge in [0, 0.05) is 19.1 Å². The van der Waals surface area contributed by atoms with Crippen molar-refractivity contribution in [2.45, 2.75) is 51.0 Å². The maximum atomic E-state index is 4.68. The molecule has 0 bridgehead atoms. The predicted molar refractivity (Wildman–Crippen MR) is 82.5 cm³/mol. The molecule has 2 nitrogen and oxygen atoms in total. The molecule has 0 radical (unpaired) electrons. The van der Waals surface area contributed by atoms with Gasteiger partial charge in [-0.05, 0) is 57.5 Å². The molecule has 0 aromatic heterocycles. The molecule has 2 aliphatic rings. The highest BCUT2D eigenvalue weighted by Crippen LogP contribution is 2.39. The Hall–Kier alpha value is 0.270. The highest BCUT2D eigenvalue weighted by molar-refractivity contribution is 7.80. The van der Waals surface area contributed by atoms with Gasteiger partial charge in [0.1, 0.15) is 0 Å². The Morgan fingerprint density at radius 1 is 1.17 bits per heavy atom. The van der Waals surface area contributed by atoms with Gasteiger partial charge in [-0.25, -0.2) is 0 Å². The normalized spacial score (nSPS) is 29.0. The second kappa shape index (κ2) is 6.62. The van der Waals surface area contributed by atoms with E-state index in [1.165, 1.54) is 64.6 Å². The van der Waals surface area contributed by atoms with Gasteiger partial charge in [-0.15, -0.1) is 0 Å². The number of rotatable bonds is 5. The van der Waals surface area contributed by atoms with Crippen molar-refractivity contribution < 1.29 is 0 Å². The summed E-state index contributed by atoms with van der Waals surface area (Å²) >= 11 is 4.68. The molecular formula is C15H30N2S. The van der Waals surface area contributed by atoms with Crippen LogP contribution in [0.3, 0.4) is 0 Å². The molecule has 0 aromatic carbocycles. The van der Waals surface area contributed by atoms with E-state index in [1.54, 1.807) is 0 Å². The lowest BCUT2D eigenvalue weighted by Crippen LogP contribution is -2.45. The topological polar surface area (TPSA) is 6.48 Å². The van der Waals surface area contributed by atoms with Crippen molar-refractivity contribution in [2.75, 3.05) is 39.5 Å². The lowest BCUT2D eigenvalue weighted by Gasteiger charge is -2.41. The summed E-state index contributed by atoms with van der Waals surface area (Å²) in [5, 5.41) is 0. The third-order valence-electron chi connectivity index (χ3n) is 4.86. The zero-order valence-electron chi connectivity index (χ0n) is 12.2. The second-order valence-corrected chi connectivity index (χ2v) is 7.06. The number of likely N-dealkylation sites (N-methyl/N-ethyl adjacent to an activating group) is 1. The molecule has 106 valence electrons. The van der Waals surface area contributed by atoms with Gasteiger partial charge < -0.3 is 4.90 Å². The first-order valence-electron chi connectivity index (χ1n) is 7.65. The van der Waals surface area contributed by atoms with Crippen molar-refractivity contribution in [2.24, 2.45) is 5.41 Å². The molecular weight excluding hydrogens is 240 g/mol. The van der Waals surface area contributed by atoms with Gasteiger partial charge in [-0.2, -0.15) is 12.6 Å². The Balaban J connectivity index is 1.93. The predicted octanol–water partition coefficient (Wildman–Crippen LogP) is 2.89. The van der Waals surface area contributed by atoms with Crippen LogP contribution >= 0.6 is 12.6 Å². The van der Waals surface area contributed by atoms with Gasteiger partial charge in [0.25, 0.3) is 0 Å². The molecule has 0 aromatic rings. The fourth-order valence-corrected chi connectivity index (χ4v) is 4.25. The van der Waals surface area contributed by atoms with Crippen LogP contribution in [0.25, 0.3) is 0 Å². The summed E-state index contributed by atoms with van der Waals surface area (Å²) in [5.41, 5.74) is 0.524. The van der Waals surface area contributed by atoms with E-state index >= 15 is 0 Å². The zero-order valence-corrected chi connectivity index (χ0v) is 13.1. The van der Waals surface area contributed by atoms with Crippen molar-refractivity contribution in [3.63, 3.8) is 0 Å². The Morgan fingerprint density at radius 2 is 1.89 bits per heavy atom. The number of hydrogen-bond acceptors (Lipinski definition) is 3. The smallest absolute Gasteiger partial charge is 0.0223 e. The Kier molecular flexibility index (Phi) is 5.40. The fourth-order valence-electron chi connectivity index (χ4n) is 3.83. The quantitative estimate of drug-likeness (QED) is 0.768. The lowest BCUT2D eigenvalue weighted by molar-refractivity contribution is 0.106. The van der Waals surface area contributed by atoms with Crippen LogP contribution in [0.5, 0.6) is 0 Å². The molecule has 18 heavy (non-hydrogen) atoms. The molecule has 3 heteroatoms. The lowest BCUT2D eigenvalue weighted by atomic mass is 9.75. The van der Waals surface area contributed by atoms with E-state index in [-0.39, 0.29) is 0 Å². The molecule has 0 spiro atoms. The van der Waals surface area contributed by atoms with Crippen LogP contribution in [0.15, 0.2) is 0 Å². The molecule has 0 amide bonds. The largest absolute Gasteiger partial charge is 0.308 e. The van der Waals surface area contributed by atoms with Crippen molar-refractivity contribution in [3.8, 4) is 0 Å². The van der Waals surface area contributed by atoms with Crippen LogP contribution < -0.4 is 0 Å². The average Bonchev–Trinajstić information content (AvgIpc) is 2.77. The van der Waals surface area contributed by atoms with Gasteiger partial charge >= 0.3 is 0 Å². The number of nitrogens with zero attached hydrogens (tertiary/aromatic N) is 2. The Bertz CT molecular complexity index is 249. The number of hydrogen-bond donors (Lipinski definition) is 1. The van der Waals surface area contributed by atoms with E-state index < -0.39 is 0 Å². The standard InChI is InChI=1S/C15H30N2S/c1-16(2)11-14-7-6-10-17(14)12-15(13-18)8-4-3-5-9-15/h14,18H,3-13H2,1-2H3. The van der Waals surface area contributed by atoms with Crippen LogP contribution in [-0.2, 0) is 0 Å². The van der Waals surface area contributed by atoms with Crippen LogP contribution in [0.2, 0.25) is 0 Å². The van der Waals surface area contributed by atoms with Gasteiger partial charge in [0.15, 0.2) is 0 Å². The zero-order chi connectivity index (χ0) is 13.0. The maximum absolute atomic E-state index is 4.68. The van der Waals surface area contributed by atoms with Crippen molar-refractivity contribution in [1.82, 2.24) is 9.80 Å². The minimum Gasteiger partial charge on any atom is -0.308 e. The minimum absolute atomic E-state index is 0.524. The van der Waals surface area contributed by atoms with Gasteiger partial charge in [0.2, 0.25) is 0 Å². The van der Waals surface area contributed by atoms with Crippen LogP contribution in [0.1, 0.15) is 44.9 Å². The van der Waals surface area contributed by atoms with E-state index in [9.17, 15) is 0 Å². The van der Waals surface area contributed by atoms with Crippen molar-refractivity contribution in [1.29, 1.82) is 0 Å². The molecule has 1 aliphatic carbocycles. The summed E-state index contributed by atoms with van der Waals surface area (Å²) in [6.45, 7) is 3.84. The summed E-state index contributed by atoms with van der Waals surface area (Å²) in [5.74, 6) is 1.08. The summed E-state index contributed by atoms with van der Waals surface area (Å²) in [6.07, 6.45) is 9.88. The summed E-state index contributed by atoms with van der Waals surface area (Å²) in [4.78, 5) is 5.11. The van der Waals surface area contributed by atoms with E-state index in [0.29, 0.717) is 5.41 Å². The third kappa shape index (κ3) is 3.64. The summed E-state index contributed by atoms with van der Waals surface area (Å²) < 4.78 is 0. The minimum atomic E-state index is 0.524. The first-order valence-corrected chi connectivity index (χ1v) is 8.28. The van der Waals surface area contributed by atoms with Gasteiger partial charge in [0.05, 0.1) is 0 Å². The van der Waals surface area contributed by atoms with E-state index in [1.807, 2.05) is 0 Å². The Morgan fingerprint density at radius 3 is 2.50 bits per heavy atom. The first kappa shape index (κ1) is 14.7. The molecule has 2 fully saturated rings. The third-order valence-corrected chi connectivity index (χ3v) is 5.53. The van der Waals surface area contributed by atoms with Crippen LogP contribution in [0, 0.1) is 5.41 Å². The SMILES string of the molecule is CN(C)CC1CCCN1CC1(CS)CCCCC1. The molecule has 1 saturated heterocycles. The summed E-state index contributed by atoms with van der Waals surface area (Å²) in [6, 6.07) is 0.790. The monoisotopic (exact) mass is 270 g/mol. The van der Waals surface area contributed by atoms with E-state index in [2.05, 4.69) is 36.5 Å². The molecule has 1 aliphatic heterocycles.